The highest BCUT2D eigenvalue weighted by Gasteiger charge is 2.49. The van der Waals surface area contributed by atoms with Crippen molar-refractivity contribution in [2.24, 2.45) is 10.9 Å². The number of imide groups is 1. The Morgan fingerprint density at radius 3 is 2.61 bits per heavy atom. The Morgan fingerprint density at radius 1 is 1.26 bits per heavy atom. The third kappa shape index (κ3) is 2.99. The van der Waals surface area contributed by atoms with E-state index in [2.05, 4.69) is 34.3 Å². The topological polar surface area (TPSA) is 80.3 Å². The molecule has 3 amide bonds. The Balaban J connectivity index is 1.87. The van der Waals surface area contributed by atoms with Gasteiger partial charge in [0.25, 0.3) is 5.91 Å². The quantitative estimate of drug-likeness (QED) is 0.731. The van der Waals surface area contributed by atoms with Gasteiger partial charge in [0.05, 0.1) is 0 Å². The van der Waals surface area contributed by atoms with Gasteiger partial charge in [-0.15, -0.1) is 0 Å². The van der Waals surface area contributed by atoms with Crippen LogP contribution in [0.1, 0.15) is 20.3 Å². The minimum absolute atomic E-state index is 0.240. The molecule has 2 unspecified atom stereocenters. The summed E-state index contributed by atoms with van der Waals surface area (Å²) >= 11 is 0. The van der Waals surface area contributed by atoms with E-state index in [0.717, 1.165) is 45.1 Å². The number of piperazine rings is 1. The smallest absolute Gasteiger partial charge is 0.325 e. The monoisotopic (exact) mass is 322 g/mol. The van der Waals surface area contributed by atoms with Crippen LogP contribution < -0.4 is 10.6 Å². The van der Waals surface area contributed by atoms with E-state index in [9.17, 15) is 9.59 Å². The van der Waals surface area contributed by atoms with E-state index >= 15 is 0 Å². The Labute approximate surface area is 136 Å². The summed E-state index contributed by atoms with van der Waals surface area (Å²) in [6.45, 7) is 8.68. The molecule has 2 fully saturated rings. The Hall–Kier alpha value is -1.83. The zero-order valence-electron chi connectivity index (χ0n) is 14.1. The van der Waals surface area contributed by atoms with E-state index < -0.39 is 12.2 Å². The van der Waals surface area contributed by atoms with Gasteiger partial charge in [0.2, 0.25) is 0 Å². The second-order valence-electron chi connectivity index (χ2n) is 6.81. The first-order valence-electron chi connectivity index (χ1n) is 8.37. The van der Waals surface area contributed by atoms with Crippen LogP contribution in [0, 0.1) is 5.92 Å². The van der Waals surface area contributed by atoms with Gasteiger partial charge in [-0.25, -0.2) is 9.79 Å². The second kappa shape index (κ2) is 6.35. The number of likely N-dealkylation sites (N-methyl/N-ethyl adjacent to an activating group) is 1. The normalized spacial score (nSPS) is 28.2. The molecule has 0 aliphatic carbocycles. The number of carbonyl (C=O) groups excluding carboxylic acids is 2. The molecular weight excluding hydrogens is 296 g/mol. The van der Waals surface area contributed by atoms with Crippen LogP contribution in [0.2, 0.25) is 0 Å². The van der Waals surface area contributed by atoms with Gasteiger partial charge in [0.15, 0.2) is 18.2 Å². The van der Waals surface area contributed by atoms with E-state index in [1.807, 2.05) is 0 Å². The maximum atomic E-state index is 12.4. The van der Waals surface area contributed by atoms with E-state index in [1.165, 1.54) is 4.90 Å². The summed E-state index contributed by atoms with van der Waals surface area (Å²) in [5.41, 5.74) is 0. The molecule has 0 bridgehead atoms. The Morgan fingerprint density at radius 2 is 1.96 bits per heavy atom. The fourth-order valence-corrected chi connectivity index (χ4v) is 3.28. The van der Waals surface area contributed by atoms with Crippen LogP contribution in [0.4, 0.5) is 4.79 Å². The van der Waals surface area contributed by atoms with Gasteiger partial charge >= 0.3 is 6.03 Å². The van der Waals surface area contributed by atoms with E-state index in [-0.39, 0.29) is 11.9 Å². The molecule has 0 spiro atoms. The lowest BCUT2D eigenvalue weighted by molar-refractivity contribution is -0.127. The van der Waals surface area contributed by atoms with Crippen LogP contribution in [0.25, 0.3) is 0 Å². The molecule has 2 atom stereocenters. The third-order valence-corrected chi connectivity index (χ3v) is 4.69. The number of nitrogens with one attached hydrogen (secondary N) is 2. The number of rotatable bonds is 3. The highest BCUT2D eigenvalue weighted by Crippen LogP contribution is 2.26. The number of urea groups is 1. The minimum atomic E-state index is -0.423. The van der Waals surface area contributed by atoms with E-state index in [4.69, 9.17) is 4.99 Å². The summed E-state index contributed by atoms with van der Waals surface area (Å²) < 4.78 is 0. The largest absolute Gasteiger partial charge is 0.340 e. The number of amides is 3. The molecule has 0 radical (unpaired) electrons. The van der Waals surface area contributed by atoms with Crippen molar-refractivity contribution in [2.45, 2.75) is 32.5 Å². The zero-order chi connectivity index (χ0) is 16.6. The first kappa shape index (κ1) is 16.0. The molecule has 0 aromatic heterocycles. The average molecular weight is 322 g/mol. The number of carbonyl (C=O) groups is 2. The van der Waals surface area contributed by atoms with Crippen LogP contribution in [-0.2, 0) is 4.79 Å². The van der Waals surface area contributed by atoms with Crippen LogP contribution in [0.5, 0.6) is 0 Å². The van der Waals surface area contributed by atoms with Crippen LogP contribution in [-0.4, -0.2) is 84.6 Å². The average Bonchev–Trinajstić information content (AvgIpc) is 2.91. The summed E-state index contributed by atoms with van der Waals surface area (Å²) in [6.07, 6.45) is 0.563. The van der Waals surface area contributed by atoms with Gasteiger partial charge in [-0.05, 0) is 12.3 Å². The lowest BCUT2D eigenvalue weighted by Crippen LogP contribution is -2.64. The number of hydrogen-bond acceptors (Lipinski definition) is 6. The minimum Gasteiger partial charge on any atom is -0.340 e. The zero-order valence-corrected chi connectivity index (χ0v) is 14.1. The van der Waals surface area contributed by atoms with Gasteiger partial charge < -0.3 is 20.0 Å². The summed E-state index contributed by atoms with van der Waals surface area (Å²) in [7, 11) is 1.70. The molecule has 0 saturated carbocycles. The standard InChI is InChI=1S/C15H26N6O2/c1-10(2)4-7-21-11-12(19(3)15(23)18-13(11)22)17-14(21)20-8-5-16-6-9-20/h10-12,16H,4-9H2,1-3H3,(H,18,22,23). The Bertz CT molecular complexity index is 514. The molecule has 3 aliphatic heterocycles. The number of fused-ring (bicyclic) bond motifs is 1. The van der Waals surface area contributed by atoms with Crippen molar-refractivity contribution in [1.29, 1.82) is 0 Å². The molecule has 3 rings (SSSR count). The maximum Gasteiger partial charge on any atom is 0.325 e. The van der Waals surface area contributed by atoms with E-state index in [1.54, 1.807) is 7.05 Å². The number of guanidine groups is 1. The molecule has 0 aromatic carbocycles. The molecule has 0 aromatic rings. The highest BCUT2D eigenvalue weighted by atomic mass is 16.2. The lowest BCUT2D eigenvalue weighted by atomic mass is 10.1. The summed E-state index contributed by atoms with van der Waals surface area (Å²) in [6, 6.07) is -0.785. The third-order valence-electron chi connectivity index (χ3n) is 4.69. The maximum absolute atomic E-state index is 12.4. The van der Waals surface area contributed by atoms with Crippen molar-refractivity contribution in [3.05, 3.63) is 0 Å². The van der Waals surface area contributed by atoms with Crippen molar-refractivity contribution >= 4 is 17.9 Å². The van der Waals surface area contributed by atoms with Crippen molar-refractivity contribution < 1.29 is 9.59 Å². The molecule has 23 heavy (non-hydrogen) atoms. The van der Waals surface area contributed by atoms with Crippen LogP contribution in [0.3, 0.4) is 0 Å². The molecular formula is C15H26N6O2. The van der Waals surface area contributed by atoms with Crippen molar-refractivity contribution in [2.75, 3.05) is 39.8 Å². The van der Waals surface area contributed by atoms with Gasteiger partial charge in [-0.1, -0.05) is 13.8 Å². The first-order valence-corrected chi connectivity index (χ1v) is 8.37. The fraction of sp³-hybridized carbons (Fsp3) is 0.800. The summed E-state index contributed by atoms with van der Waals surface area (Å²) in [5.74, 6) is 1.17. The summed E-state index contributed by atoms with van der Waals surface area (Å²) in [4.78, 5) is 34.9. The van der Waals surface area contributed by atoms with Gasteiger partial charge in [-0.2, -0.15) is 0 Å². The highest BCUT2D eigenvalue weighted by molar-refractivity contribution is 6.03. The van der Waals surface area contributed by atoms with Crippen molar-refractivity contribution in [3.8, 4) is 0 Å². The van der Waals surface area contributed by atoms with E-state index in [0.29, 0.717) is 5.92 Å². The van der Waals surface area contributed by atoms with Crippen molar-refractivity contribution in [1.82, 2.24) is 25.3 Å². The van der Waals surface area contributed by atoms with Crippen LogP contribution >= 0.6 is 0 Å². The predicted octanol–water partition coefficient (Wildman–Crippen LogP) is -0.514. The first-order chi connectivity index (χ1) is 11.0. The molecule has 128 valence electrons. The second-order valence-corrected chi connectivity index (χ2v) is 6.81. The predicted molar refractivity (Wildman–Crippen MR) is 86.9 cm³/mol. The fourth-order valence-electron chi connectivity index (χ4n) is 3.28. The number of aliphatic imine (C=N–C) groups is 1. The van der Waals surface area contributed by atoms with Crippen LogP contribution in [0.15, 0.2) is 4.99 Å². The molecule has 3 aliphatic rings. The van der Waals surface area contributed by atoms with Gasteiger partial charge in [0.1, 0.15) is 0 Å². The lowest BCUT2D eigenvalue weighted by Gasteiger charge is -2.38. The number of hydrogen-bond donors (Lipinski definition) is 2. The molecule has 8 heteroatoms. The number of nitrogens with zero attached hydrogens (tertiary/aromatic N) is 4. The van der Waals surface area contributed by atoms with Crippen molar-refractivity contribution in [3.63, 3.8) is 0 Å². The van der Waals surface area contributed by atoms with Gasteiger partial charge in [0, 0.05) is 39.8 Å². The summed E-state index contributed by atoms with van der Waals surface area (Å²) in [5, 5.41) is 5.78. The molecule has 8 nitrogen and oxygen atoms in total. The molecule has 3 heterocycles. The molecule has 2 N–H and O–H groups in total. The molecule has 2 saturated heterocycles. The van der Waals surface area contributed by atoms with Gasteiger partial charge in [-0.3, -0.25) is 10.1 Å². The Kier molecular flexibility index (Phi) is 4.43. The SMILES string of the molecule is CC(C)CCN1C(N2CCNCC2)=NC2C1C(=O)NC(=O)N2C.